The summed E-state index contributed by atoms with van der Waals surface area (Å²) in [6, 6.07) is 12.7. The van der Waals surface area contributed by atoms with E-state index >= 15 is 0 Å². The molecule has 1 fully saturated rings. The number of ketones is 1. The van der Waals surface area contributed by atoms with E-state index in [9.17, 15) is 14.7 Å². The molecule has 0 aliphatic carbocycles. The highest BCUT2D eigenvalue weighted by Gasteiger charge is 2.47. The maximum absolute atomic E-state index is 13.2. The van der Waals surface area contributed by atoms with Crippen molar-refractivity contribution in [1.82, 2.24) is 4.98 Å². The van der Waals surface area contributed by atoms with Crippen LogP contribution in [0.4, 0.5) is 5.69 Å². The lowest BCUT2D eigenvalue weighted by atomic mass is 9.98. The van der Waals surface area contributed by atoms with Gasteiger partial charge < -0.3 is 9.84 Å². The van der Waals surface area contributed by atoms with E-state index in [0.717, 1.165) is 11.1 Å². The number of Topliss-reactive ketones (excluding diaryl/α,β-unsaturated/α-hetero) is 1. The van der Waals surface area contributed by atoms with Gasteiger partial charge >= 0.3 is 0 Å². The highest BCUT2D eigenvalue weighted by Crippen LogP contribution is 2.43. The van der Waals surface area contributed by atoms with Gasteiger partial charge in [0.25, 0.3) is 11.7 Å². The Morgan fingerprint density at radius 1 is 1.03 bits per heavy atom. The summed E-state index contributed by atoms with van der Waals surface area (Å²) in [6.07, 6.45) is 1.57. The maximum Gasteiger partial charge on any atom is 0.300 e. The van der Waals surface area contributed by atoms with Gasteiger partial charge in [0.2, 0.25) is 0 Å². The summed E-state index contributed by atoms with van der Waals surface area (Å²) < 4.78 is 5.16. The second-order valence-electron chi connectivity index (χ2n) is 7.74. The number of anilines is 1. The average molecular weight is 483 g/mol. The lowest BCUT2D eigenvalue weighted by Crippen LogP contribution is -2.30. The number of rotatable bonds is 4. The first-order valence-corrected chi connectivity index (χ1v) is 10.8. The number of hydrogen-bond donors (Lipinski definition) is 1. The molecule has 1 amide bonds. The lowest BCUT2D eigenvalue weighted by molar-refractivity contribution is -0.132. The fourth-order valence-electron chi connectivity index (χ4n) is 4.05. The van der Waals surface area contributed by atoms with Crippen LogP contribution in [0.5, 0.6) is 5.75 Å². The van der Waals surface area contributed by atoms with Crippen LogP contribution in [0.3, 0.4) is 0 Å². The van der Waals surface area contributed by atoms with E-state index in [2.05, 4.69) is 4.98 Å². The first kappa shape index (κ1) is 22.8. The molecule has 0 saturated carbocycles. The summed E-state index contributed by atoms with van der Waals surface area (Å²) in [4.78, 5) is 32.2. The number of aliphatic hydroxyl groups excluding tert-OH is 1. The van der Waals surface area contributed by atoms with Crippen LogP contribution in [0.2, 0.25) is 10.0 Å². The summed E-state index contributed by atoms with van der Waals surface area (Å²) in [6.45, 7) is 3.81. The predicted molar refractivity (Wildman–Crippen MR) is 128 cm³/mol. The zero-order valence-electron chi connectivity index (χ0n) is 18.1. The molecule has 1 saturated heterocycles. The van der Waals surface area contributed by atoms with Crippen LogP contribution in [0.25, 0.3) is 5.76 Å². The third kappa shape index (κ3) is 4.08. The fraction of sp³-hybridized carbons (Fsp3) is 0.160. The van der Waals surface area contributed by atoms with Crippen LogP contribution in [0.1, 0.15) is 28.4 Å². The van der Waals surface area contributed by atoms with Gasteiger partial charge in [-0.3, -0.25) is 19.5 Å². The summed E-state index contributed by atoms with van der Waals surface area (Å²) in [5.74, 6) is -1.75. The van der Waals surface area contributed by atoms with Crippen molar-refractivity contribution in [3.8, 4) is 5.75 Å². The molecule has 2 heterocycles. The highest BCUT2D eigenvalue weighted by atomic mass is 35.5. The van der Waals surface area contributed by atoms with Crippen LogP contribution in [0.15, 0.2) is 60.3 Å². The summed E-state index contributed by atoms with van der Waals surface area (Å²) in [5, 5.41) is 11.5. The second-order valence-corrected chi connectivity index (χ2v) is 8.56. The lowest BCUT2D eigenvalue weighted by Gasteiger charge is -2.25. The Balaban J connectivity index is 1.97. The minimum Gasteiger partial charge on any atom is -0.507 e. The summed E-state index contributed by atoms with van der Waals surface area (Å²) in [7, 11) is 1.42. The molecule has 1 unspecified atom stereocenters. The Morgan fingerprint density at radius 2 is 1.67 bits per heavy atom. The fourth-order valence-corrected chi connectivity index (χ4v) is 4.69. The topological polar surface area (TPSA) is 79.7 Å². The van der Waals surface area contributed by atoms with Gasteiger partial charge in [-0.1, -0.05) is 35.3 Å². The molecule has 0 spiro atoms. The van der Waals surface area contributed by atoms with Crippen LogP contribution in [0, 0.1) is 13.8 Å². The molecule has 1 aliphatic heterocycles. The number of hydrogen-bond acceptors (Lipinski definition) is 5. The van der Waals surface area contributed by atoms with Gasteiger partial charge in [0, 0.05) is 17.4 Å². The molecular formula is C25H20Cl2N2O4. The number of pyridine rings is 1. The number of aliphatic hydroxyl groups is 1. The quantitative estimate of drug-likeness (QED) is 0.295. The molecule has 168 valence electrons. The molecule has 33 heavy (non-hydrogen) atoms. The minimum atomic E-state index is -0.938. The molecule has 3 aromatic rings. The van der Waals surface area contributed by atoms with Gasteiger partial charge in [0.05, 0.1) is 28.4 Å². The second kappa shape index (κ2) is 8.89. The van der Waals surface area contributed by atoms with Gasteiger partial charge in [-0.05, 0) is 61.4 Å². The molecule has 0 bridgehead atoms. The first-order valence-electron chi connectivity index (χ1n) is 10.1. The maximum atomic E-state index is 13.2. The van der Waals surface area contributed by atoms with Gasteiger partial charge in [-0.15, -0.1) is 0 Å². The van der Waals surface area contributed by atoms with Gasteiger partial charge in [-0.25, -0.2) is 0 Å². The van der Waals surface area contributed by atoms with Crippen molar-refractivity contribution in [2.75, 3.05) is 12.0 Å². The number of amides is 1. The van der Waals surface area contributed by atoms with E-state index in [0.29, 0.717) is 11.4 Å². The Bertz CT molecular complexity index is 1260. The predicted octanol–water partition coefficient (Wildman–Crippen LogP) is 5.64. The van der Waals surface area contributed by atoms with E-state index in [4.69, 9.17) is 27.9 Å². The molecule has 1 aliphatic rings. The van der Waals surface area contributed by atoms with Crippen molar-refractivity contribution in [1.29, 1.82) is 0 Å². The molecule has 4 rings (SSSR count). The SMILES string of the molecule is COc1c(Cl)cc(/C(O)=C2\C(=O)C(=O)N(c3cc(C)cc(C)c3)C2c2ccccn2)cc1Cl. The number of aryl methyl sites for hydroxylation is 2. The van der Waals surface area contributed by atoms with Crippen LogP contribution < -0.4 is 9.64 Å². The van der Waals surface area contributed by atoms with Gasteiger partial charge in [-0.2, -0.15) is 0 Å². The van der Waals surface area contributed by atoms with E-state index < -0.39 is 23.5 Å². The standard InChI is InChI=1S/C25H20Cl2N2O4/c1-13-8-14(2)10-16(9-13)29-21(19-6-4-5-7-28-19)20(23(31)25(29)32)22(30)15-11-17(26)24(33-3)18(27)12-15/h4-12,21,30H,1-3H3/b22-20+. The van der Waals surface area contributed by atoms with Crippen LogP contribution >= 0.6 is 23.2 Å². The van der Waals surface area contributed by atoms with Crippen molar-refractivity contribution in [2.24, 2.45) is 0 Å². The molecule has 0 radical (unpaired) electrons. The van der Waals surface area contributed by atoms with Crippen molar-refractivity contribution in [3.05, 3.63) is 92.7 Å². The van der Waals surface area contributed by atoms with Crippen molar-refractivity contribution in [3.63, 3.8) is 0 Å². The third-order valence-corrected chi connectivity index (χ3v) is 5.93. The average Bonchev–Trinajstić information content (AvgIpc) is 3.03. The monoisotopic (exact) mass is 482 g/mol. The third-order valence-electron chi connectivity index (χ3n) is 5.37. The Kier molecular flexibility index (Phi) is 6.15. The highest BCUT2D eigenvalue weighted by molar-refractivity contribution is 6.51. The van der Waals surface area contributed by atoms with Crippen molar-refractivity contribution < 1.29 is 19.4 Å². The number of ether oxygens (including phenoxy) is 1. The Labute approximate surface area is 201 Å². The smallest absolute Gasteiger partial charge is 0.300 e. The van der Waals surface area contributed by atoms with Crippen molar-refractivity contribution in [2.45, 2.75) is 19.9 Å². The summed E-state index contributed by atoms with van der Waals surface area (Å²) >= 11 is 12.5. The van der Waals surface area contributed by atoms with Gasteiger partial charge in [0.15, 0.2) is 5.75 Å². The molecule has 1 N–H and O–H groups in total. The Hall–Kier alpha value is -3.35. The molecule has 2 aromatic carbocycles. The molecular weight excluding hydrogens is 463 g/mol. The van der Waals surface area contributed by atoms with E-state index in [1.807, 2.05) is 32.0 Å². The van der Waals surface area contributed by atoms with Crippen LogP contribution in [-0.4, -0.2) is 28.9 Å². The normalized spacial score (nSPS) is 17.5. The van der Waals surface area contributed by atoms with Crippen molar-refractivity contribution >= 4 is 46.3 Å². The minimum absolute atomic E-state index is 0.102. The number of carbonyl (C=O) groups is 2. The number of carbonyl (C=O) groups excluding carboxylic acids is 2. The largest absolute Gasteiger partial charge is 0.507 e. The zero-order valence-corrected chi connectivity index (χ0v) is 19.6. The number of methoxy groups -OCH3 is 1. The number of aromatic nitrogens is 1. The number of halogens is 2. The van der Waals surface area contributed by atoms with E-state index in [1.165, 1.54) is 24.1 Å². The first-order chi connectivity index (χ1) is 15.7. The van der Waals surface area contributed by atoms with Crippen LogP contribution in [-0.2, 0) is 9.59 Å². The number of nitrogens with zero attached hydrogens (tertiary/aromatic N) is 2. The molecule has 1 atom stereocenters. The molecule has 6 nitrogen and oxygen atoms in total. The number of benzene rings is 2. The van der Waals surface area contributed by atoms with Gasteiger partial charge in [0.1, 0.15) is 11.8 Å². The van der Waals surface area contributed by atoms with E-state index in [-0.39, 0.29) is 26.9 Å². The molecule has 1 aromatic heterocycles. The zero-order chi connectivity index (χ0) is 23.9. The summed E-state index contributed by atoms with van der Waals surface area (Å²) in [5.41, 5.74) is 2.92. The Morgan fingerprint density at radius 3 is 2.21 bits per heavy atom. The van der Waals surface area contributed by atoms with E-state index in [1.54, 1.807) is 24.4 Å². The molecule has 8 heteroatoms.